The fraction of sp³-hybridized carbons (Fsp3) is 0.167. The standard InChI is InChI=1S/C18H11F7N2O2S/c19-15-7-6-11(10-26-15)13-8-16(17(20,21)22,18(23,24)25)9-14(13)27-30(28,29)12-4-2-1-3-5-12/h1-10,27H. The highest BCUT2D eigenvalue weighted by atomic mass is 32.2. The van der Waals surface area contributed by atoms with Crippen molar-refractivity contribution < 1.29 is 39.2 Å². The van der Waals surface area contributed by atoms with Gasteiger partial charge in [0.15, 0.2) is 0 Å². The number of nitrogens with one attached hydrogen (secondary N) is 1. The van der Waals surface area contributed by atoms with Crippen LogP contribution < -0.4 is 4.72 Å². The molecule has 0 aliphatic heterocycles. The molecule has 1 aromatic carbocycles. The van der Waals surface area contributed by atoms with Crippen molar-refractivity contribution in [2.24, 2.45) is 5.41 Å². The van der Waals surface area contributed by atoms with Gasteiger partial charge in [-0.3, -0.25) is 4.72 Å². The highest BCUT2D eigenvalue weighted by molar-refractivity contribution is 7.89. The SMILES string of the molecule is O=S(=O)(NC1=CC(C(F)(F)F)(C(F)(F)F)C=C1c1ccc(F)nc1)c1ccccc1. The highest BCUT2D eigenvalue weighted by Crippen LogP contribution is 2.57. The maximum atomic E-state index is 13.5. The summed E-state index contributed by atoms with van der Waals surface area (Å²) >= 11 is 0. The molecule has 0 unspecified atom stereocenters. The van der Waals surface area contributed by atoms with Crippen LogP contribution in [-0.2, 0) is 10.0 Å². The molecule has 0 spiro atoms. The number of aromatic nitrogens is 1. The Morgan fingerprint density at radius 1 is 0.867 bits per heavy atom. The molecule has 4 nitrogen and oxygen atoms in total. The Kier molecular flexibility index (Phi) is 5.17. The first-order chi connectivity index (χ1) is 13.8. The third-order valence-corrected chi connectivity index (χ3v) is 5.69. The minimum Gasteiger partial charge on any atom is -0.279 e. The number of rotatable bonds is 4. The fourth-order valence-electron chi connectivity index (χ4n) is 2.80. The number of nitrogens with zero attached hydrogens (tertiary/aromatic N) is 1. The molecule has 0 saturated carbocycles. The maximum absolute atomic E-state index is 13.5. The van der Waals surface area contributed by atoms with Crippen molar-refractivity contribution >= 4 is 15.6 Å². The van der Waals surface area contributed by atoms with Crippen LogP contribution in [-0.4, -0.2) is 25.8 Å². The van der Waals surface area contributed by atoms with Crippen LogP contribution in [0.4, 0.5) is 30.7 Å². The molecule has 0 saturated heterocycles. The van der Waals surface area contributed by atoms with Crippen molar-refractivity contribution in [1.82, 2.24) is 9.71 Å². The summed E-state index contributed by atoms with van der Waals surface area (Å²) in [7, 11) is -4.52. The first-order valence-electron chi connectivity index (χ1n) is 8.06. The molecule has 1 aliphatic carbocycles. The summed E-state index contributed by atoms with van der Waals surface area (Å²) in [4.78, 5) is 2.83. The number of hydrogen-bond acceptors (Lipinski definition) is 3. The summed E-state index contributed by atoms with van der Waals surface area (Å²) in [6.45, 7) is 0. The number of sulfonamides is 1. The van der Waals surface area contributed by atoms with Gasteiger partial charge in [-0.2, -0.15) is 30.7 Å². The predicted molar refractivity (Wildman–Crippen MR) is 91.6 cm³/mol. The van der Waals surface area contributed by atoms with Gasteiger partial charge in [0, 0.05) is 17.3 Å². The van der Waals surface area contributed by atoms with Gasteiger partial charge in [-0.05, 0) is 36.4 Å². The van der Waals surface area contributed by atoms with Gasteiger partial charge in [0.2, 0.25) is 11.4 Å². The Bertz CT molecular complexity index is 1090. The molecule has 30 heavy (non-hydrogen) atoms. The van der Waals surface area contributed by atoms with Crippen molar-refractivity contribution in [3.8, 4) is 0 Å². The molecular weight excluding hydrogens is 441 g/mol. The van der Waals surface area contributed by atoms with Crippen LogP contribution in [0.1, 0.15) is 5.56 Å². The zero-order valence-corrected chi connectivity index (χ0v) is 15.4. The zero-order valence-electron chi connectivity index (χ0n) is 14.6. The van der Waals surface area contributed by atoms with Gasteiger partial charge in [-0.25, -0.2) is 13.4 Å². The number of pyridine rings is 1. The van der Waals surface area contributed by atoms with Crippen molar-refractivity contribution in [1.29, 1.82) is 0 Å². The van der Waals surface area contributed by atoms with E-state index in [4.69, 9.17) is 0 Å². The molecule has 12 heteroatoms. The summed E-state index contributed by atoms with van der Waals surface area (Å²) in [5.74, 6) is -1.02. The van der Waals surface area contributed by atoms with Gasteiger partial charge >= 0.3 is 12.4 Å². The summed E-state index contributed by atoms with van der Waals surface area (Å²) in [5.41, 5.74) is -6.48. The van der Waals surface area contributed by atoms with E-state index in [-0.39, 0.29) is 22.6 Å². The van der Waals surface area contributed by atoms with E-state index in [2.05, 4.69) is 4.98 Å². The molecule has 0 radical (unpaired) electrons. The number of alkyl halides is 6. The lowest BCUT2D eigenvalue weighted by Crippen LogP contribution is -2.46. The van der Waals surface area contributed by atoms with E-state index in [0.29, 0.717) is 6.20 Å². The Morgan fingerprint density at radius 3 is 1.97 bits per heavy atom. The minimum absolute atomic E-state index is 0.148. The summed E-state index contributed by atoms with van der Waals surface area (Å²) < 4.78 is 121. The highest BCUT2D eigenvalue weighted by Gasteiger charge is 2.70. The van der Waals surface area contributed by atoms with E-state index in [9.17, 15) is 39.2 Å². The van der Waals surface area contributed by atoms with Gasteiger partial charge in [0.05, 0.1) is 10.6 Å². The quantitative estimate of drug-likeness (QED) is 0.546. The summed E-state index contributed by atoms with van der Waals surface area (Å²) in [6, 6.07) is 7.97. The topological polar surface area (TPSA) is 59.1 Å². The monoisotopic (exact) mass is 452 g/mol. The van der Waals surface area contributed by atoms with Crippen LogP contribution in [0.2, 0.25) is 0 Å². The molecule has 0 atom stereocenters. The summed E-state index contributed by atoms with van der Waals surface area (Å²) in [6.07, 6.45) is -11.3. The molecule has 3 rings (SSSR count). The average Bonchev–Trinajstić information content (AvgIpc) is 3.03. The average molecular weight is 452 g/mol. The van der Waals surface area contributed by atoms with Gasteiger partial charge < -0.3 is 0 Å². The first-order valence-corrected chi connectivity index (χ1v) is 9.54. The third-order valence-electron chi connectivity index (χ3n) is 4.31. The van der Waals surface area contributed by atoms with Crippen molar-refractivity contribution in [3.63, 3.8) is 0 Å². The van der Waals surface area contributed by atoms with E-state index >= 15 is 0 Å². The van der Waals surface area contributed by atoms with E-state index in [0.717, 1.165) is 24.3 Å². The number of halogens is 7. The van der Waals surface area contributed by atoms with E-state index < -0.39 is 45.0 Å². The predicted octanol–water partition coefficient (Wildman–Crippen LogP) is 4.59. The first kappa shape index (κ1) is 21.8. The molecular formula is C18H11F7N2O2S. The van der Waals surface area contributed by atoms with Crippen molar-refractivity contribution in [3.05, 3.63) is 78.0 Å². The van der Waals surface area contributed by atoms with Crippen molar-refractivity contribution in [2.75, 3.05) is 0 Å². The van der Waals surface area contributed by atoms with Crippen molar-refractivity contribution in [2.45, 2.75) is 17.2 Å². The largest absolute Gasteiger partial charge is 0.410 e. The molecule has 0 bridgehead atoms. The van der Waals surface area contributed by atoms with Crippen LogP contribution in [0, 0.1) is 11.4 Å². The Balaban J connectivity index is 2.19. The maximum Gasteiger partial charge on any atom is 0.410 e. The lowest BCUT2D eigenvalue weighted by molar-refractivity contribution is -0.301. The zero-order chi connectivity index (χ0) is 22.4. The molecule has 0 fully saturated rings. The Labute approximate surface area is 165 Å². The molecule has 1 aliphatic rings. The second-order valence-corrected chi connectivity index (χ2v) is 7.95. The van der Waals surface area contributed by atoms with Crippen LogP contribution >= 0.6 is 0 Å². The Morgan fingerprint density at radius 2 is 1.47 bits per heavy atom. The molecule has 0 amide bonds. The molecule has 1 N–H and O–H groups in total. The third kappa shape index (κ3) is 3.78. The summed E-state index contributed by atoms with van der Waals surface area (Å²) in [5, 5.41) is 0. The molecule has 160 valence electrons. The number of hydrogen-bond donors (Lipinski definition) is 1. The number of benzene rings is 1. The lowest BCUT2D eigenvalue weighted by Gasteiger charge is -2.30. The molecule has 2 aromatic rings. The normalized spacial score (nSPS) is 16.8. The van der Waals surface area contributed by atoms with Crippen LogP contribution in [0.25, 0.3) is 5.57 Å². The van der Waals surface area contributed by atoms with E-state index in [1.54, 1.807) is 4.72 Å². The second kappa shape index (κ2) is 7.11. The van der Waals surface area contributed by atoms with Crippen LogP contribution in [0.15, 0.2) is 71.4 Å². The van der Waals surface area contributed by atoms with Gasteiger partial charge in [-0.1, -0.05) is 18.2 Å². The smallest absolute Gasteiger partial charge is 0.279 e. The lowest BCUT2D eigenvalue weighted by atomic mass is 9.88. The Hall–Kier alpha value is -2.89. The van der Waals surface area contributed by atoms with Gasteiger partial charge in [-0.15, -0.1) is 0 Å². The van der Waals surface area contributed by atoms with E-state index in [1.807, 2.05) is 0 Å². The van der Waals surface area contributed by atoms with Crippen LogP contribution in [0.5, 0.6) is 0 Å². The fourth-order valence-corrected chi connectivity index (χ4v) is 3.89. The molecule has 1 aromatic heterocycles. The van der Waals surface area contributed by atoms with Crippen LogP contribution in [0.3, 0.4) is 0 Å². The van der Waals surface area contributed by atoms with E-state index in [1.165, 1.54) is 18.2 Å². The molecule has 1 heterocycles. The van der Waals surface area contributed by atoms with Gasteiger partial charge in [0.25, 0.3) is 10.0 Å². The minimum atomic E-state index is -5.83. The number of allylic oxidation sites excluding steroid dienone is 3. The second-order valence-electron chi connectivity index (χ2n) is 6.27. The van der Waals surface area contributed by atoms with Gasteiger partial charge in [0.1, 0.15) is 0 Å².